The van der Waals surface area contributed by atoms with Gasteiger partial charge in [0.2, 0.25) is 0 Å². The number of nitrogens with zero attached hydrogens (tertiary/aromatic N) is 3. The van der Waals surface area contributed by atoms with Gasteiger partial charge in [-0.25, -0.2) is 4.68 Å². The van der Waals surface area contributed by atoms with Gasteiger partial charge in [-0.3, -0.25) is 4.79 Å². The Balaban J connectivity index is 1.68. The summed E-state index contributed by atoms with van der Waals surface area (Å²) in [6.45, 7) is 3.66. The van der Waals surface area contributed by atoms with Gasteiger partial charge in [-0.15, -0.1) is 8.78 Å². The quantitative estimate of drug-likeness (QED) is 0.372. The summed E-state index contributed by atoms with van der Waals surface area (Å²) >= 11 is 6.05. The normalized spacial score (nSPS) is 14.5. The van der Waals surface area contributed by atoms with Crippen molar-refractivity contribution in [1.82, 2.24) is 9.78 Å². The van der Waals surface area contributed by atoms with Crippen LogP contribution in [-0.4, -0.2) is 29.0 Å². The fraction of sp³-hybridized carbons (Fsp3) is 0.304. The third kappa shape index (κ3) is 4.90. The van der Waals surface area contributed by atoms with Gasteiger partial charge in [0.15, 0.2) is 17.2 Å². The molecule has 0 radical (unpaired) electrons. The monoisotopic (exact) mass is 515 g/mol. The number of benzene rings is 2. The summed E-state index contributed by atoms with van der Waals surface area (Å²) in [7, 11) is 1.42. The largest absolute Gasteiger partial charge is 0.586 e. The zero-order chi connectivity index (χ0) is 25.7. The van der Waals surface area contributed by atoms with Crippen LogP contribution in [0.1, 0.15) is 35.6 Å². The number of rotatable bonds is 5. The van der Waals surface area contributed by atoms with Crippen LogP contribution in [0.25, 0.3) is 5.69 Å². The fourth-order valence-electron chi connectivity index (χ4n) is 3.62. The first-order valence-corrected chi connectivity index (χ1v) is 10.8. The number of amides is 1. The maximum absolute atomic E-state index is 13.5. The Morgan fingerprint density at radius 1 is 1.14 bits per heavy atom. The molecule has 0 fully saturated rings. The Hall–Kier alpha value is -3.34. The van der Waals surface area contributed by atoms with Gasteiger partial charge in [-0.05, 0) is 42.7 Å². The third-order valence-corrected chi connectivity index (χ3v) is 5.60. The molecule has 2 heterocycles. The van der Waals surface area contributed by atoms with Crippen molar-refractivity contribution in [2.45, 2.75) is 32.7 Å². The average molecular weight is 516 g/mol. The van der Waals surface area contributed by atoms with E-state index < -0.39 is 29.1 Å². The summed E-state index contributed by atoms with van der Waals surface area (Å²) in [5.74, 6) is -0.962. The van der Waals surface area contributed by atoms with E-state index in [4.69, 9.17) is 11.6 Å². The number of ether oxygens (including phenoxy) is 2. The van der Waals surface area contributed by atoms with Crippen molar-refractivity contribution in [1.29, 1.82) is 0 Å². The van der Waals surface area contributed by atoms with Crippen LogP contribution < -0.4 is 14.4 Å². The first kappa shape index (κ1) is 24.8. The van der Waals surface area contributed by atoms with Crippen molar-refractivity contribution in [3.05, 3.63) is 64.4 Å². The van der Waals surface area contributed by atoms with Crippen molar-refractivity contribution in [3.63, 3.8) is 0 Å². The highest BCUT2D eigenvalue weighted by molar-refractivity contribution is 6.32. The Kier molecular flexibility index (Phi) is 6.16. The Bertz CT molecular complexity index is 1290. The first-order chi connectivity index (χ1) is 16.3. The molecule has 0 saturated heterocycles. The molecule has 35 heavy (non-hydrogen) atoms. The molecule has 4 rings (SSSR count). The van der Waals surface area contributed by atoms with Crippen LogP contribution in [0.3, 0.4) is 0 Å². The van der Waals surface area contributed by atoms with Gasteiger partial charge in [-0.2, -0.15) is 18.3 Å². The number of anilines is 1. The summed E-state index contributed by atoms with van der Waals surface area (Å²) in [5.41, 5.74) is -0.460. The predicted octanol–water partition coefficient (Wildman–Crippen LogP) is 6.34. The predicted molar refractivity (Wildman–Crippen MR) is 117 cm³/mol. The molecular weight excluding hydrogens is 497 g/mol. The van der Waals surface area contributed by atoms with E-state index in [-0.39, 0.29) is 46.5 Å². The van der Waals surface area contributed by atoms with Crippen molar-refractivity contribution in [2.24, 2.45) is 5.92 Å². The zero-order valence-electron chi connectivity index (χ0n) is 18.7. The number of carbonyl (C=O) groups is 1. The molecule has 2 aromatic carbocycles. The molecule has 0 saturated carbocycles. The molecule has 3 aromatic rings. The van der Waals surface area contributed by atoms with Crippen LogP contribution in [0.4, 0.5) is 27.6 Å². The molecule has 0 N–H and O–H groups in total. The molecule has 6 nitrogen and oxygen atoms in total. The molecule has 0 atom stereocenters. The second-order valence-corrected chi connectivity index (χ2v) is 8.71. The molecule has 0 unspecified atom stereocenters. The molecule has 0 bridgehead atoms. The Morgan fingerprint density at radius 2 is 1.83 bits per heavy atom. The highest BCUT2D eigenvalue weighted by Gasteiger charge is 2.43. The SMILES string of the molecule is CC(C)Cc1c(Cl)c(C(F)(F)F)nn1-c1cccc(C(=O)N(C)c2ccc3c(c2)OC(F)(F)O3)c1. The molecule has 1 aliphatic heterocycles. The third-order valence-electron chi connectivity index (χ3n) is 5.20. The van der Waals surface area contributed by atoms with Gasteiger partial charge < -0.3 is 14.4 Å². The molecule has 1 aromatic heterocycles. The summed E-state index contributed by atoms with van der Waals surface area (Å²) in [6.07, 6.45) is -8.33. The minimum atomic E-state index is -4.75. The van der Waals surface area contributed by atoms with E-state index in [9.17, 15) is 26.7 Å². The second kappa shape index (κ2) is 8.71. The lowest BCUT2D eigenvalue weighted by Crippen LogP contribution is -2.26. The van der Waals surface area contributed by atoms with E-state index in [0.29, 0.717) is 0 Å². The van der Waals surface area contributed by atoms with Crippen LogP contribution in [0.2, 0.25) is 5.02 Å². The molecule has 0 aliphatic carbocycles. The number of carbonyl (C=O) groups excluding carboxylic acids is 1. The lowest BCUT2D eigenvalue weighted by molar-refractivity contribution is -0.286. The van der Waals surface area contributed by atoms with E-state index in [1.54, 1.807) is 0 Å². The van der Waals surface area contributed by atoms with Crippen molar-refractivity contribution < 1.29 is 36.2 Å². The topological polar surface area (TPSA) is 56.6 Å². The summed E-state index contributed by atoms with van der Waals surface area (Å²) in [4.78, 5) is 14.3. The maximum atomic E-state index is 13.5. The van der Waals surface area contributed by atoms with Gasteiger partial charge in [0.05, 0.1) is 16.4 Å². The van der Waals surface area contributed by atoms with Crippen LogP contribution in [-0.2, 0) is 12.6 Å². The summed E-state index contributed by atoms with van der Waals surface area (Å²) < 4.78 is 76.8. The average Bonchev–Trinajstić information content (AvgIpc) is 3.26. The Labute approximate surface area is 201 Å². The van der Waals surface area contributed by atoms with Crippen LogP contribution in [0.15, 0.2) is 42.5 Å². The maximum Gasteiger partial charge on any atom is 0.586 e. The van der Waals surface area contributed by atoms with E-state index in [0.717, 1.165) is 4.68 Å². The zero-order valence-corrected chi connectivity index (χ0v) is 19.4. The number of aromatic nitrogens is 2. The molecule has 1 amide bonds. The number of fused-ring (bicyclic) bond motifs is 1. The lowest BCUT2D eigenvalue weighted by Gasteiger charge is -2.18. The van der Waals surface area contributed by atoms with Gasteiger partial charge in [0, 0.05) is 24.4 Å². The fourth-order valence-corrected chi connectivity index (χ4v) is 3.92. The standard InChI is InChI=1S/C23H19ClF5N3O3/c1-12(2)9-16-19(24)20(22(25,26)27)30-32(16)15-6-4-5-13(10-15)21(33)31(3)14-7-8-17-18(11-14)35-23(28,29)34-17/h4-8,10-12H,9H2,1-3H3. The van der Waals surface area contributed by atoms with Crippen LogP contribution >= 0.6 is 11.6 Å². The minimum absolute atomic E-state index is 0.0154. The second-order valence-electron chi connectivity index (χ2n) is 8.33. The first-order valence-electron chi connectivity index (χ1n) is 10.4. The van der Waals surface area contributed by atoms with E-state index in [1.807, 2.05) is 13.8 Å². The smallest absolute Gasteiger partial charge is 0.395 e. The lowest BCUT2D eigenvalue weighted by atomic mass is 10.1. The number of hydrogen-bond donors (Lipinski definition) is 0. The van der Waals surface area contributed by atoms with Gasteiger partial charge in [0.1, 0.15) is 0 Å². The van der Waals surface area contributed by atoms with Crippen molar-refractivity contribution in [3.8, 4) is 17.2 Å². The highest BCUT2D eigenvalue weighted by Crippen LogP contribution is 2.43. The van der Waals surface area contributed by atoms with Crippen LogP contribution in [0.5, 0.6) is 11.5 Å². The van der Waals surface area contributed by atoms with Crippen molar-refractivity contribution >= 4 is 23.2 Å². The number of alkyl halides is 5. The van der Waals surface area contributed by atoms with E-state index in [1.165, 1.54) is 54.4 Å². The Morgan fingerprint density at radius 3 is 2.49 bits per heavy atom. The molecule has 1 aliphatic rings. The summed E-state index contributed by atoms with van der Waals surface area (Å²) in [6, 6.07) is 9.73. The molecule has 186 valence electrons. The molecular formula is C23H19ClF5N3O3. The molecule has 12 heteroatoms. The van der Waals surface area contributed by atoms with E-state index >= 15 is 0 Å². The molecule has 0 spiro atoms. The van der Waals surface area contributed by atoms with Crippen molar-refractivity contribution in [2.75, 3.05) is 11.9 Å². The van der Waals surface area contributed by atoms with Gasteiger partial charge in [0.25, 0.3) is 5.91 Å². The minimum Gasteiger partial charge on any atom is -0.395 e. The van der Waals surface area contributed by atoms with Crippen LogP contribution in [0, 0.1) is 5.92 Å². The summed E-state index contributed by atoms with van der Waals surface area (Å²) in [5, 5.41) is 3.21. The van der Waals surface area contributed by atoms with E-state index in [2.05, 4.69) is 14.6 Å². The highest BCUT2D eigenvalue weighted by atomic mass is 35.5. The number of hydrogen-bond acceptors (Lipinski definition) is 4. The van der Waals surface area contributed by atoms with Gasteiger partial charge in [-0.1, -0.05) is 31.5 Å². The number of halogens is 6. The van der Waals surface area contributed by atoms with Gasteiger partial charge >= 0.3 is 12.5 Å².